The van der Waals surface area contributed by atoms with Crippen molar-refractivity contribution < 1.29 is 14.3 Å². The Labute approximate surface area is 140 Å². The number of amides is 1. The number of hydrogen-bond acceptors (Lipinski definition) is 5. The summed E-state index contributed by atoms with van der Waals surface area (Å²) in [6.07, 6.45) is 0. The fourth-order valence-electron chi connectivity index (χ4n) is 2.02. The number of ether oxygens (including phenoxy) is 1. The number of aromatic nitrogens is 1. The van der Waals surface area contributed by atoms with Crippen LogP contribution in [-0.4, -0.2) is 24.0 Å². The molecule has 1 N–H and O–H groups in total. The highest BCUT2D eigenvalue weighted by atomic mass is 35.5. The summed E-state index contributed by atoms with van der Waals surface area (Å²) in [5.41, 5.74) is 1.59. The fourth-order valence-corrected chi connectivity index (χ4v) is 3.11. The van der Waals surface area contributed by atoms with E-state index in [4.69, 9.17) is 11.6 Å². The Morgan fingerprint density at radius 3 is 2.74 bits per heavy atom. The zero-order chi connectivity index (χ0) is 16.4. The molecule has 0 bridgehead atoms. The van der Waals surface area contributed by atoms with Crippen molar-refractivity contribution in [1.82, 2.24) is 4.98 Å². The Kier molecular flexibility index (Phi) is 4.27. The highest BCUT2D eigenvalue weighted by molar-refractivity contribution is 7.22. The van der Waals surface area contributed by atoms with E-state index in [0.29, 0.717) is 26.8 Å². The van der Waals surface area contributed by atoms with Gasteiger partial charge < -0.3 is 4.74 Å². The van der Waals surface area contributed by atoms with Crippen molar-refractivity contribution in [3.63, 3.8) is 0 Å². The van der Waals surface area contributed by atoms with Crippen LogP contribution in [0.25, 0.3) is 10.2 Å². The highest BCUT2D eigenvalue weighted by Gasteiger charge is 2.12. The van der Waals surface area contributed by atoms with Crippen molar-refractivity contribution in [3.8, 4) is 0 Å². The third-order valence-corrected chi connectivity index (χ3v) is 4.29. The molecule has 0 spiro atoms. The van der Waals surface area contributed by atoms with Gasteiger partial charge in [0.1, 0.15) is 0 Å². The Hall–Kier alpha value is -2.44. The summed E-state index contributed by atoms with van der Waals surface area (Å²) in [5, 5.41) is 3.67. The summed E-state index contributed by atoms with van der Waals surface area (Å²) in [6, 6.07) is 11.7. The molecule has 1 heterocycles. The minimum absolute atomic E-state index is 0.292. The molecule has 0 atom stereocenters. The van der Waals surface area contributed by atoms with Gasteiger partial charge in [0, 0.05) is 10.6 Å². The van der Waals surface area contributed by atoms with Crippen LogP contribution in [0.3, 0.4) is 0 Å². The highest BCUT2D eigenvalue weighted by Crippen LogP contribution is 2.27. The monoisotopic (exact) mass is 346 g/mol. The molecule has 0 aliphatic heterocycles. The summed E-state index contributed by atoms with van der Waals surface area (Å²) in [7, 11) is 1.33. The predicted molar refractivity (Wildman–Crippen MR) is 90.4 cm³/mol. The molecule has 3 aromatic rings. The number of rotatable bonds is 3. The molecule has 0 unspecified atom stereocenters. The molecule has 1 amide bonds. The van der Waals surface area contributed by atoms with Crippen LogP contribution in [0, 0.1) is 0 Å². The number of hydrogen-bond donors (Lipinski definition) is 1. The topological polar surface area (TPSA) is 68.3 Å². The molecule has 23 heavy (non-hydrogen) atoms. The number of fused-ring (bicyclic) bond motifs is 1. The molecule has 0 radical (unpaired) electrons. The van der Waals surface area contributed by atoms with E-state index >= 15 is 0 Å². The van der Waals surface area contributed by atoms with Gasteiger partial charge in [0.05, 0.1) is 22.9 Å². The van der Waals surface area contributed by atoms with Crippen molar-refractivity contribution >= 4 is 50.2 Å². The van der Waals surface area contributed by atoms with Gasteiger partial charge in [-0.15, -0.1) is 0 Å². The molecule has 0 aliphatic carbocycles. The molecule has 0 fully saturated rings. The standard InChI is InChI=1S/C16H11ClN2O3S/c1-22-15(21)10-5-6-12-13(8-10)23-16(18-12)19-14(20)9-3-2-4-11(17)7-9/h2-8H,1H3,(H,18,19,20). The lowest BCUT2D eigenvalue weighted by molar-refractivity contribution is 0.0601. The van der Waals surface area contributed by atoms with Crippen LogP contribution in [-0.2, 0) is 4.74 Å². The lowest BCUT2D eigenvalue weighted by Crippen LogP contribution is -2.11. The number of anilines is 1. The van der Waals surface area contributed by atoms with Crippen LogP contribution >= 0.6 is 22.9 Å². The maximum absolute atomic E-state index is 12.2. The van der Waals surface area contributed by atoms with E-state index in [9.17, 15) is 9.59 Å². The van der Waals surface area contributed by atoms with E-state index < -0.39 is 5.97 Å². The average molecular weight is 347 g/mol. The molecule has 2 aromatic carbocycles. The third kappa shape index (κ3) is 3.33. The quantitative estimate of drug-likeness (QED) is 0.728. The lowest BCUT2D eigenvalue weighted by Gasteiger charge is -2.01. The number of esters is 1. The smallest absolute Gasteiger partial charge is 0.337 e. The van der Waals surface area contributed by atoms with Crippen molar-refractivity contribution in [3.05, 3.63) is 58.6 Å². The summed E-state index contributed by atoms with van der Waals surface area (Å²) >= 11 is 7.16. The molecule has 0 saturated carbocycles. The second-order valence-corrected chi connectivity index (χ2v) is 6.12. The van der Waals surface area contributed by atoms with Crippen molar-refractivity contribution in [2.75, 3.05) is 12.4 Å². The molecular weight excluding hydrogens is 336 g/mol. The Morgan fingerprint density at radius 1 is 1.17 bits per heavy atom. The molecule has 5 nitrogen and oxygen atoms in total. The largest absolute Gasteiger partial charge is 0.465 e. The van der Waals surface area contributed by atoms with Crippen LogP contribution in [0.1, 0.15) is 20.7 Å². The van der Waals surface area contributed by atoms with E-state index in [-0.39, 0.29) is 5.91 Å². The number of benzene rings is 2. The third-order valence-electron chi connectivity index (χ3n) is 3.12. The van der Waals surface area contributed by atoms with Crippen molar-refractivity contribution in [1.29, 1.82) is 0 Å². The second kappa shape index (κ2) is 6.36. The van der Waals surface area contributed by atoms with E-state index in [1.54, 1.807) is 42.5 Å². The molecule has 3 rings (SSSR count). The summed E-state index contributed by atoms with van der Waals surface area (Å²) in [5.74, 6) is -0.704. The number of methoxy groups -OCH3 is 1. The molecule has 1 aromatic heterocycles. The number of carbonyl (C=O) groups excluding carboxylic acids is 2. The molecular formula is C16H11ClN2O3S. The van der Waals surface area contributed by atoms with Gasteiger partial charge in [-0.3, -0.25) is 10.1 Å². The normalized spacial score (nSPS) is 10.5. The van der Waals surface area contributed by atoms with Gasteiger partial charge in [0.25, 0.3) is 5.91 Å². The van der Waals surface area contributed by atoms with Crippen LogP contribution in [0.15, 0.2) is 42.5 Å². The van der Waals surface area contributed by atoms with Gasteiger partial charge in [-0.05, 0) is 36.4 Å². The maximum Gasteiger partial charge on any atom is 0.337 e. The van der Waals surface area contributed by atoms with Crippen molar-refractivity contribution in [2.45, 2.75) is 0 Å². The van der Waals surface area contributed by atoms with Gasteiger partial charge in [0.15, 0.2) is 5.13 Å². The number of carbonyl (C=O) groups is 2. The van der Waals surface area contributed by atoms with E-state index in [1.165, 1.54) is 18.4 Å². The van der Waals surface area contributed by atoms with Gasteiger partial charge >= 0.3 is 5.97 Å². The second-order valence-electron chi connectivity index (χ2n) is 4.66. The van der Waals surface area contributed by atoms with Gasteiger partial charge in [-0.2, -0.15) is 0 Å². The van der Waals surface area contributed by atoms with Gasteiger partial charge in [-0.1, -0.05) is 29.0 Å². The zero-order valence-corrected chi connectivity index (χ0v) is 13.6. The van der Waals surface area contributed by atoms with Crippen LogP contribution in [0.2, 0.25) is 5.02 Å². The minimum Gasteiger partial charge on any atom is -0.465 e. The van der Waals surface area contributed by atoms with Gasteiger partial charge in [0.2, 0.25) is 0 Å². The first-order chi connectivity index (χ1) is 11.1. The van der Waals surface area contributed by atoms with E-state index in [1.807, 2.05) is 0 Å². The molecule has 7 heteroatoms. The Bertz CT molecular complexity index is 907. The molecule has 116 valence electrons. The minimum atomic E-state index is -0.412. The number of thiazole rings is 1. The van der Waals surface area contributed by atoms with Crippen molar-refractivity contribution in [2.24, 2.45) is 0 Å². The van der Waals surface area contributed by atoms with Crippen LogP contribution in [0.4, 0.5) is 5.13 Å². The SMILES string of the molecule is COC(=O)c1ccc2nc(NC(=O)c3cccc(Cl)c3)sc2c1. The number of halogens is 1. The Balaban J connectivity index is 1.86. The predicted octanol–water partition coefficient (Wildman–Crippen LogP) is 3.99. The number of nitrogens with one attached hydrogen (secondary N) is 1. The molecule has 0 aliphatic rings. The molecule has 0 saturated heterocycles. The summed E-state index contributed by atoms with van der Waals surface area (Å²) in [4.78, 5) is 28.1. The Morgan fingerprint density at radius 2 is 2.00 bits per heavy atom. The first kappa shape index (κ1) is 15.5. The first-order valence-corrected chi connectivity index (χ1v) is 7.82. The van der Waals surface area contributed by atoms with E-state index in [2.05, 4.69) is 15.0 Å². The zero-order valence-electron chi connectivity index (χ0n) is 12.0. The average Bonchev–Trinajstić information content (AvgIpc) is 2.95. The maximum atomic E-state index is 12.2. The lowest BCUT2D eigenvalue weighted by atomic mass is 10.2. The fraction of sp³-hybridized carbons (Fsp3) is 0.0625. The van der Waals surface area contributed by atoms with E-state index in [0.717, 1.165) is 4.70 Å². The van der Waals surface area contributed by atoms with Crippen LogP contribution < -0.4 is 5.32 Å². The summed E-state index contributed by atoms with van der Waals surface area (Å²) < 4.78 is 5.47. The van der Waals surface area contributed by atoms with Gasteiger partial charge in [-0.25, -0.2) is 9.78 Å². The van der Waals surface area contributed by atoms with Crippen LogP contribution in [0.5, 0.6) is 0 Å². The number of nitrogens with zero attached hydrogens (tertiary/aromatic N) is 1. The summed E-state index contributed by atoms with van der Waals surface area (Å²) in [6.45, 7) is 0. The first-order valence-electron chi connectivity index (χ1n) is 6.62.